The molecule has 0 radical (unpaired) electrons. The summed E-state index contributed by atoms with van der Waals surface area (Å²) in [4.78, 5) is 0. The van der Waals surface area contributed by atoms with Gasteiger partial charge in [0, 0.05) is 24.3 Å². The number of phenols is 2. The molecule has 2 aromatic carbocycles. The molecule has 0 saturated carbocycles. The van der Waals surface area contributed by atoms with E-state index in [1.54, 1.807) is 24.3 Å². The molecule has 0 atom stereocenters. The maximum Gasteiger partial charge on any atom is 0.201 e. The first kappa shape index (κ1) is 36.2. The van der Waals surface area contributed by atoms with Crippen molar-refractivity contribution in [2.24, 2.45) is 0 Å². The zero-order valence-corrected chi connectivity index (χ0v) is 27.4. The number of unbranched alkanes of at least 4 members (excludes halogenated alkanes) is 12. The highest BCUT2D eigenvalue weighted by molar-refractivity contribution is 5.58. The Hall–Kier alpha value is -2.96. The van der Waals surface area contributed by atoms with Crippen molar-refractivity contribution in [2.75, 3.05) is 26.4 Å². The Morgan fingerprint density at radius 2 is 0.651 bits per heavy atom. The van der Waals surface area contributed by atoms with Crippen LogP contribution in [0.1, 0.15) is 130 Å². The minimum Gasteiger partial charge on any atom is -0.502 e. The molecule has 0 bridgehead atoms. The van der Waals surface area contributed by atoms with Crippen LogP contribution < -0.4 is 23.7 Å². The van der Waals surface area contributed by atoms with E-state index in [1.165, 1.54) is 0 Å². The van der Waals surface area contributed by atoms with Crippen molar-refractivity contribution < 1.29 is 33.9 Å². The first-order chi connectivity index (χ1) is 21.0. The standard InChI is InChI=1S/C36H58O7/c1-5-9-13-17-21-39-31-25-29(26-32(35(31)37)40-22-18-14-10-6-2)43-30-27-33(41-23-19-15-11-7-3)36(38)34(28-30)42-24-20-16-12-8-4/h25-28,37-38H,5-24H2,1-4H3. The molecule has 2 rings (SSSR count). The fourth-order valence-electron chi connectivity index (χ4n) is 4.65. The highest BCUT2D eigenvalue weighted by Gasteiger charge is 2.18. The number of hydrogen-bond donors (Lipinski definition) is 2. The molecule has 0 aliphatic carbocycles. The predicted molar refractivity (Wildman–Crippen MR) is 175 cm³/mol. The van der Waals surface area contributed by atoms with Crippen LogP contribution in [0.4, 0.5) is 0 Å². The largest absolute Gasteiger partial charge is 0.502 e. The molecule has 0 aliphatic heterocycles. The Kier molecular flexibility index (Phi) is 19.0. The number of ether oxygens (including phenoxy) is 5. The second-order valence-electron chi connectivity index (χ2n) is 11.3. The molecule has 2 N–H and O–H groups in total. The van der Waals surface area contributed by atoms with E-state index in [2.05, 4.69) is 27.7 Å². The van der Waals surface area contributed by atoms with Gasteiger partial charge in [0.1, 0.15) is 11.5 Å². The molecular weight excluding hydrogens is 544 g/mol. The lowest BCUT2D eigenvalue weighted by molar-refractivity contribution is 0.260. The number of aromatic hydroxyl groups is 2. The molecular formula is C36H58O7. The highest BCUT2D eigenvalue weighted by Crippen LogP contribution is 2.45. The second-order valence-corrected chi connectivity index (χ2v) is 11.3. The maximum absolute atomic E-state index is 10.9. The van der Waals surface area contributed by atoms with Crippen LogP contribution in [0.15, 0.2) is 24.3 Å². The van der Waals surface area contributed by atoms with Gasteiger partial charge < -0.3 is 33.9 Å². The van der Waals surface area contributed by atoms with Gasteiger partial charge in [-0.1, -0.05) is 105 Å². The van der Waals surface area contributed by atoms with Crippen LogP contribution in [0.5, 0.6) is 46.0 Å². The molecule has 0 saturated heterocycles. The Morgan fingerprint density at radius 1 is 0.395 bits per heavy atom. The molecule has 43 heavy (non-hydrogen) atoms. The number of phenolic OH excluding ortho intramolecular Hbond substituents is 2. The van der Waals surface area contributed by atoms with Crippen LogP contribution in [-0.2, 0) is 0 Å². The lowest BCUT2D eigenvalue weighted by Gasteiger charge is -2.17. The van der Waals surface area contributed by atoms with Gasteiger partial charge in [-0.15, -0.1) is 0 Å². The SMILES string of the molecule is CCCCCCOc1cc(Oc2cc(OCCCCCC)c(O)c(OCCCCCC)c2)cc(OCCCCCC)c1O. The predicted octanol–water partition coefficient (Wildman–Crippen LogP) is 10.7. The van der Waals surface area contributed by atoms with E-state index < -0.39 is 0 Å². The van der Waals surface area contributed by atoms with Crippen LogP contribution in [0.3, 0.4) is 0 Å². The van der Waals surface area contributed by atoms with E-state index in [0.717, 1.165) is 103 Å². The lowest BCUT2D eigenvalue weighted by Crippen LogP contribution is -2.03. The van der Waals surface area contributed by atoms with Crippen molar-refractivity contribution >= 4 is 0 Å². The zero-order chi connectivity index (χ0) is 31.1. The van der Waals surface area contributed by atoms with Gasteiger partial charge in [-0.3, -0.25) is 0 Å². The normalized spacial score (nSPS) is 11.0. The fourth-order valence-corrected chi connectivity index (χ4v) is 4.65. The zero-order valence-electron chi connectivity index (χ0n) is 27.4. The third kappa shape index (κ3) is 14.4. The summed E-state index contributed by atoms with van der Waals surface area (Å²) >= 11 is 0. The van der Waals surface area contributed by atoms with Gasteiger partial charge in [-0.2, -0.15) is 0 Å². The summed E-state index contributed by atoms with van der Waals surface area (Å²) in [5, 5.41) is 21.9. The van der Waals surface area contributed by atoms with Crippen molar-refractivity contribution in [1.82, 2.24) is 0 Å². The third-order valence-corrected chi connectivity index (χ3v) is 7.28. The van der Waals surface area contributed by atoms with Crippen molar-refractivity contribution in [3.8, 4) is 46.0 Å². The highest BCUT2D eigenvalue weighted by atomic mass is 16.5. The quantitative estimate of drug-likeness (QED) is 0.104. The molecule has 0 spiro atoms. The summed E-state index contributed by atoms with van der Waals surface area (Å²) in [5.41, 5.74) is 0. The average molecular weight is 603 g/mol. The molecule has 0 aromatic heterocycles. The van der Waals surface area contributed by atoms with E-state index in [-0.39, 0.29) is 11.5 Å². The summed E-state index contributed by atoms with van der Waals surface area (Å²) in [6, 6.07) is 6.73. The maximum atomic E-state index is 10.9. The Bertz CT molecular complexity index is 858. The lowest BCUT2D eigenvalue weighted by atomic mass is 10.2. The van der Waals surface area contributed by atoms with E-state index in [1.807, 2.05) is 0 Å². The van der Waals surface area contributed by atoms with Gasteiger partial charge >= 0.3 is 0 Å². The summed E-state index contributed by atoms with van der Waals surface area (Å²) < 4.78 is 30.2. The smallest absolute Gasteiger partial charge is 0.201 e. The first-order valence-electron chi connectivity index (χ1n) is 17.0. The van der Waals surface area contributed by atoms with E-state index in [4.69, 9.17) is 23.7 Å². The minimum absolute atomic E-state index is 0.0174. The van der Waals surface area contributed by atoms with E-state index in [0.29, 0.717) is 60.9 Å². The van der Waals surface area contributed by atoms with Crippen LogP contribution in [0.2, 0.25) is 0 Å². The Labute approximate surface area is 260 Å². The van der Waals surface area contributed by atoms with Gasteiger partial charge in [-0.05, 0) is 25.7 Å². The van der Waals surface area contributed by atoms with Crippen LogP contribution in [0, 0.1) is 0 Å². The fraction of sp³-hybridized carbons (Fsp3) is 0.667. The molecule has 0 heterocycles. The van der Waals surface area contributed by atoms with Crippen molar-refractivity contribution in [2.45, 2.75) is 130 Å². The Balaban J connectivity index is 2.28. The molecule has 0 amide bonds. The van der Waals surface area contributed by atoms with E-state index in [9.17, 15) is 10.2 Å². The monoisotopic (exact) mass is 602 g/mol. The molecule has 0 aliphatic rings. The van der Waals surface area contributed by atoms with Gasteiger partial charge in [-0.25, -0.2) is 0 Å². The molecule has 244 valence electrons. The summed E-state index contributed by atoms with van der Waals surface area (Å²) in [5.74, 6) is 2.20. The number of hydrogen-bond acceptors (Lipinski definition) is 7. The minimum atomic E-state index is -0.0174. The van der Waals surface area contributed by atoms with E-state index >= 15 is 0 Å². The van der Waals surface area contributed by atoms with Crippen molar-refractivity contribution in [3.63, 3.8) is 0 Å². The summed E-state index contributed by atoms with van der Waals surface area (Å²) in [6.45, 7) is 10.7. The average Bonchev–Trinajstić information content (AvgIpc) is 3.00. The molecule has 7 heteroatoms. The van der Waals surface area contributed by atoms with Crippen LogP contribution >= 0.6 is 0 Å². The van der Waals surface area contributed by atoms with Crippen LogP contribution in [-0.4, -0.2) is 36.6 Å². The third-order valence-electron chi connectivity index (χ3n) is 7.28. The number of benzene rings is 2. The van der Waals surface area contributed by atoms with Gasteiger partial charge in [0.15, 0.2) is 23.0 Å². The van der Waals surface area contributed by atoms with Gasteiger partial charge in [0.05, 0.1) is 26.4 Å². The van der Waals surface area contributed by atoms with Crippen molar-refractivity contribution in [1.29, 1.82) is 0 Å². The van der Waals surface area contributed by atoms with Crippen LogP contribution in [0.25, 0.3) is 0 Å². The van der Waals surface area contributed by atoms with Gasteiger partial charge in [0.2, 0.25) is 11.5 Å². The Morgan fingerprint density at radius 3 is 0.884 bits per heavy atom. The molecule has 7 nitrogen and oxygen atoms in total. The topological polar surface area (TPSA) is 86.6 Å². The molecule has 0 unspecified atom stereocenters. The second kappa shape index (κ2) is 22.6. The molecule has 0 fully saturated rings. The first-order valence-corrected chi connectivity index (χ1v) is 17.0. The molecule has 2 aromatic rings. The number of rotatable bonds is 26. The summed E-state index contributed by atoms with van der Waals surface area (Å²) in [6.07, 6.45) is 17.1. The van der Waals surface area contributed by atoms with Gasteiger partial charge in [0.25, 0.3) is 0 Å². The van der Waals surface area contributed by atoms with Crippen molar-refractivity contribution in [3.05, 3.63) is 24.3 Å². The summed E-state index contributed by atoms with van der Waals surface area (Å²) in [7, 11) is 0.